The number of hydrogen-bond acceptors (Lipinski definition) is 5. The van der Waals surface area contributed by atoms with Gasteiger partial charge in [0.1, 0.15) is 19.3 Å². The van der Waals surface area contributed by atoms with E-state index in [4.69, 9.17) is 14.6 Å². The van der Waals surface area contributed by atoms with Gasteiger partial charge in [-0.2, -0.15) is 0 Å². The first-order valence-electron chi connectivity index (χ1n) is 7.68. The number of carboxylic acids is 1. The molecular formula is C17H23NO6. The summed E-state index contributed by atoms with van der Waals surface area (Å²) in [7, 11) is 0. The number of nitrogens with one attached hydrogen (secondary N) is 1. The van der Waals surface area contributed by atoms with Gasteiger partial charge in [0.2, 0.25) is 0 Å². The normalized spacial score (nSPS) is 13.0. The second-order valence-electron chi connectivity index (χ2n) is 5.80. The van der Waals surface area contributed by atoms with Gasteiger partial charge in [0.05, 0.1) is 5.92 Å². The van der Waals surface area contributed by atoms with Crippen molar-refractivity contribution in [1.29, 1.82) is 0 Å². The number of amides is 1. The lowest BCUT2D eigenvalue weighted by Gasteiger charge is -2.21. The summed E-state index contributed by atoms with van der Waals surface area (Å²) < 4.78 is 10.0. The molecule has 0 radical (unpaired) electrons. The molecule has 132 valence electrons. The van der Waals surface area contributed by atoms with Crippen LogP contribution in [0.2, 0.25) is 0 Å². The van der Waals surface area contributed by atoms with Gasteiger partial charge in [-0.05, 0) is 18.4 Å². The maximum absolute atomic E-state index is 12.0. The summed E-state index contributed by atoms with van der Waals surface area (Å²) in [5.41, 5.74) is 0.826. The fraction of sp³-hybridized carbons (Fsp3) is 0.471. The molecule has 7 nitrogen and oxygen atoms in total. The second kappa shape index (κ2) is 9.54. The Morgan fingerprint density at radius 1 is 1.08 bits per heavy atom. The molecule has 1 rings (SSSR count). The van der Waals surface area contributed by atoms with Crippen LogP contribution in [0.4, 0.5) is 4.79 Å². The highest BCUT2D eigenvalue weighted by Crippen LogP contribution is 2.07. The molecule has 0 spiro atoms. The zero-order valence-corrected chi connectivity index (χ0v) is 14.0. The fourth-order valence-corrected chi connectivity index (χ4v) is 1.76. The molecule has 24 heavy (non-hydrogen) atoms. The summed E-state index contributed by atoms with van der Waals surface area (Å²) in [5, 5.41) is 11.2. The molecule has 0 aliphatic carbocycles. The molecule has 7 heteroatoms. The summed E-state index contributed by atoms with van der Waals surface area (Å²) in [5.74, 6) is -2.79. The van der Waals surface area contributed by atoms with Crippen LogP contribution < -0.4 is 5.32 Å². The lowest BCUT2D eigenvalue weighted by Crippen LogP contribution is -2.46. The van der Waals surface area contributed by atoms with Gasteiger partial charge in [0.25, 0.3) is 0 Å². The molecule has 0 heterocycles. The van der Waals surface area contributed by atoms with Crippen molar-refractivity contribution in [3.05, 3.63) is 35.9 Å². The zero-order chi connectivity index (χ0) is 18.1. The number of aliphatic carboxylic acids is 1. The van der Waals surface area contributed by atoms with Gasteiger partial charge in [-0.1, -0.05) is 44.2 Å². The van der Waals surface area contributed by atoms with Crippen molar-refractivity contribution in [3.63, 3.8) is 0 Å². The molecule has 0 aromatic heterocycles. The Kier molecular flexibility index (Phi) is 7.74. The van der Waals surface area contributed by atoms with Crippen molar-refractivity contribution in [2.75, 3.05) is 6.61 Å². The molecule has 0 aliphatic rings. The highest BCUT2D eigenvalue weighted by molar-refractivity contribution is 5.81. The number of esters is 1. The molecule has 2 N–H and O–H groups in total. The number of benzene rings is 1. The molecule has 1 aromatic carbocycles. The molecule has 0 saturated heterocycles. The minimum atomic E-state index is -1.06. The van der Waals surface area contributed by atoms with Crippen LogP contribution in [0.3, 0.4) is 0 Å². The lowest BCUT2D eigenvalue weighted by atomic mass is 10.1. The minimum Gasteiger partial charge on any atom is -0.481 e. The molecule has 0 fully saturated rings. The Hall–Kier alpha value is -2.57. The van der Waals surface area contributed by atoms with Crippen molar-refractivity contribution in [2.24, 2.45) is 11.8 Å². The van der Waals surface area contributed by atoms with E-state index in [1.54, 1.807) is 13.8 Å². The Morgan fingerprint density at radius 2 is 1.71 bits per heavy atom. The van der Waals surface area contributed by atoms with Gasteiger partial charge in [0, 0.05) is 0 Å². The molecule has 1 aromatic rings. The number of ether oxygens (including phenoxy) is 2. The van der Waals surface area contributed by atoms with Gasteiger partial charge in [-0.15, -0.1) is 0 Å². The third kappa shape index (κ3) is 6.68. The summed E-state index contributed by atoms with van der Waals surface area (Å²) in [6.07, 6.45) is -0.735. The molecule has 0 bridgehead atoms. The molecule has 1 unspecified atom stereocenters. The van der Waals surface area contributed by atoms with Gasteiger partial charge in [0.15, 0.2) is 0 Å². The molecule has 2 atom stereocenters. The molecule has 0 aliphatic heterocycles. The SMILES string of the molecule is CC(COC(=O)[C@@H](NC(=O)OCc1ccccc1)C(C)C)C(=O)O. The Morgan fingerprint density at radius 3 is 2.25 bits per heavy atom. The van der Waals surface area contributed by atoms with Crippen molar-refractivity contribution in [2.45, 2.75) is 33.4 Å². The first-order chi connectivity index (χ1) is 11.3. The van der Waals surface area contributed by atoms with E-state index in [9.17, 15) is 14.4 Å². The van der Waals surface area contributed by atoms with E-state index in [1.807, 2.05) is 30.3 Å². The standard InChI is InChI=1S/C17H23NO6/c1-11(2)14(16(21)23-9-12(3)15(19)20)18-17(22)24-10-13-7-5-4-6-8-13/h4-8,11-12,14H,9-10H2,1-3H3,(H,18,22)(H,19,20)/t12?,14-/m0/s1. The number of carbonyl (C=O) groups excluding carboxylic acids is 2. The van der Waals surface area contributed by atoms with Crippen molar-refractivity contribution in [3.8, 4) is 0 Å². The first kappa shape index (κ1) is 19.5. The predicted molar refractivity (Wildman–Crippen MR) is 86.1 cm³/mol. The van der Waals surface area contributed by atoms with Crippen LogP contribution in [-0.4, -0.2) is 35.8 Å². The monoisotopic (exact) mass is 337 g/mol. The third-order valence-electron chi connectivity index (χ3n) is 3.30. The van der Waals surface area contributed by atoms with Gasteiger partial charge < -0.3 is 19.9 Å². The largest absolute Gasteiger partial charge is 0.481 e. The smallest absolute Gasteiger partial charge is 0.408 e. The van der Waals surface area contributed by atoms with Crippen LogP contribution in [0, 0.1) is 11.8 Å². The maximum Gasteiger partial charge on any atom is 0.408 e. The van der Waals surface area contributed by atoms with Crippen molar-refractivity contribution >= 4 is 18.0 Å². The minimum absolute atomic E-state index is 0.0859. The number of hydrogen-bond donors (Lipinski definition) is 2. The van der Waals surface area contributed by atoms with E-state index >= 15 is 0 Å². The quantitative estimate of drug-likeness (QED) is 0.705. The lowest BCUT2D eigenvalue weighted by molar-refractivity contribution is -0.152. The topological polar surface area (TPSA) is 102 Å². The van der Waals surface area contributed by atoms with Crippen LogP contribution in [0.1, 0.15) is 26.3 Å². The summed E-state index contributed by atoms with van der Waals surface area (Å²) in [4.78, 5) is 34.6. The summed E-state index contributed by atoms with van der Waals surface area (Å²) in [6, 6.07) is 8.23. The van der Waals surface area contributed by atoms with Crippen molar-refractivity contribution < 1.29 is 29.0 Å². The van der Waals surface area contributed by atoms with Crippen LogP contribution >= 0.6 is 0 Å². The number of carbonyl (C=O) groups is 3. The Bertz CT molecular complexity index is 557. The molecule has 1 amide bonds. The van der Waals surface area contributed by atoms with E-state index in [2.05, 4.69) is 5.32 Å². The number of alkyl carbamates (subject to hydrolysis) is 1. The summed E-state index contributed by atoms with van der Waals surface area (Å²) >= 11 is 0. The molecule has 0 saturated carbocycles. The highest BCUT2D eigenvalue weighted by Gasteiger charge is 2.27. The first-order valence-corrected chi connectivity index (χ1v) is 7.68. The van der Waals surface area contributed by atoms with E-state index in [0.717, 1.165) is 5.56 Å². The zero-order valence-electron chi connectivity index (χ0n) is 14.0. The van der Waals surface area contributed by atoms with E-state index < -0.39 is 30.0 Å². The van der Waals surface area contributed by atoms with Crippen LogP contribution in [-0.2, 0) is 25.7 Å². The average Bonchev–Trinajstić information content (AvgIpc) is 2.55. The second-order valence-corrected chi connectivity index (χ2v) is 5.80. The van der Waals surface area contributed by atoms with Gasteiger partial charge in [-0.3, -0.25) is 4.79 Å². The van der Waals surface area contributed by atoms with Gasteiger partial charge in [-0.25, -0.2) is 9.59 Å². The maximum atomic E-state index is 12.0. The van der Waals surface area contributed by atoms with Crippen molar-refractivity contribution in [1.82, 2.24) is 5.32 Å². The summed E-state index contributed by atoms with van der Waals surface area (Å²) in [6.45, 7) is 4.75. The Labute approximate surface area is 141 Å². The fourth-order valence-electron chi connectivity index (χ4n) is 1.76. The molecular weight excluding hydrogens is 314 g/mol. The van der Waals surface area contributed by atoms with Crippen LogP contribution in [0.5, 0.6) is 0 Å². The van der Waals surface area contributed by atoms with Gasteiger partial charge >= 0.3 is 18.0 Å². The number of carboxylic acid groups (broad SMARTS) is 1. The van der Waals surface area contributed by atoms with E-state index in [0.29, 0.717) is 0 Å². The van der Waals surface area contributed by atoms with Crippen LogP contribution in [0.15, 0.2) is 30.3 Å². The third-order valence-corrected chi connectivity index (χ3v) is 3.30. The Balaban J connectivity index is 2.50. The van der Waals surface area contributed by atoms with E-state index in [1.165, 1.54) is 6.92 Å². The average molecular weight is 337 g/mol. The van der Waals surface area contributed by atoms with E-state index in [-0.39, 0.29) is 19.1 Å². The highest BCUT2D eigenvalue weighted by atomic mass is 16.6. The number of rotatable bonds is 8. The van der Waals surface area contributed by atoms with Crippen LogP contribution in [0.25, 0.3) is 0 Å². The predicted octanol–water partition coefficient (Wildman–Crippen LogP) is 2.20.